The fourth-order valence-electron chi connectivity index (χ4n) is 1.61. The molecule has 0 radical (unpaired) electrons. The number of carbonyl (C=O) groups excluding carboxylic acids is 1. The molecule has 0 bridgehead atoms. The van der Waals surface area contributed by atoms with Crippen LogP contribution in [0.25, 0.3) is 0 Å². The maximum Gasteiger partial charge on any atom is 0.450 e. The van der Waals surface area contributed by atoms with E-state index >= 15 is 0 Å². The SMILES string of the molecule is CC(C(=O)C(F)(F)F)c1nc(C2CCC2)no1. The lowest BCUT2D eigenvalue weighted by Crippen LogP contribution is -2.27. The second-order valence-electron chi connectivity index (χ2n) is 4.20. The van der Waals surface area contributed by atoms with E-state index in [4.69, 9.17) is 4.52 Å². The molecule has 17 heavy (non-hydrogen) atoms. The molecular formula is C10H11F3N2O2. The van der Waals surface area contributed by atoms with Gasteiger partial charge in [0.05, 0.1) is 0 Å². The first-order chi connectivity index (χ1) is 7.89. The van der Waals surface area contributed by atoms with Crippen LogP contribution in [0.3, 0.4) is 0 Å². The Morgan fingerprint density at radius 3 is 2.59 bits per heavy atom. The molecule has 4 nitrogen and oxygen atoms in total. The quantitative estimate of drug-likeness (QED) is 0.824. The van der Waals surface area contributed by atoms with Gasteiger partial charge >= 0.3 is 6.18 Å². The van der Waals surface area contributed by atoms with Crippen molar-refractivity contribution in [2.45, 2.75) is 44.2 Å². The van der Waals surface area contributed by atoms with E-state index in [1.54, 1.807) is 0 Å². The predicted octanol–water partition coefficient (Wildman–Crippen LogP) is 2.57. The Bertz CT molecular complexity index is 423. The van der Waals surface area contributed by atoms with Crippen molar-refractivity contribution in [1.82, 2.24) is 10.1 Å². The first kappa shape index (κ1) is 12.1. The first-order valence-electron chi connectivity index (χ1n) is 5.34. The summed E-state index contributed by atoms with van der Waals surface area (Å²) in [5.41, 5.74) is 0. The van der Waals surface area contributed by atoms with Crippen molar-refractivity contribution in [2.24, 2.45) is 0 Å². The zero-order valence-electron chi connectivity index (χ0n) is 9.12. The molecule has 1 atom stereocenters. The fourth-order valence-corrected chi connectivity index (χ4v) is 1.61. The van der Waals surface area contributed by atoms with Gasteiger partial charge in [0.25, 0.3) is 0 Å². The number of nitrogens with zero attached hydrogens (tertiary/aromatic N) is 2. The van der Waals surface area contributed by atoms with Crippen LogP contribution in [0.2, 0.25) is 0 Å². The van der Waals surface area contributed by atoms with Crippen molar-refractivity contribution in [1.29, 1.82) is 0 Å². The monoisotopic (exact) mass is 248 g/mol. The van der Waals surface area contributed by atoms with Crippen LogP contribution in [0.4, 0.5) is 13.2 Å². The molecule has 0 N–H and O–H groups in total. The van der Waals surface area contributed by atoms with Crippen LogP contribution in [0, 0.1) is 0 Å². The van der Waals surface area contributed by atoms with Crippen molar-refractivity contribution in [3.8, 4) is 0 Å². The average Bonchev–Trinajstić information content (AvgIpc) is 2.60. The summed E-state index contributed by atoms with van der Waals surface area (Å²) >= 11 is 0. The van der Waals surface area contributed by atoms with Gasteiger partial charge in [0.1, 0.15) is 5.92 Å². The highest BCUT2D eigenvalue weighted by Gasteiger charge is 2.44. The second kappa shape index (κ2) is 4.12. The third-order valence-electron chi connectivity index (χ3n) is 2.97. The topological polar surface area (TPSA) is 56.0 Å². The minimum absolute atomic E-state index is 0.167. The zero-order chi connectivity index (χ0) is 12.6. The van der Waals surface area contributed by atoms with E-state index in [1.165, 1.54) is 0 Å². The van der Waals surface area contributed by atoms with Crippen LogP contribution in [0.15, 0.2) is 4.52 Å². The van der Waals surface area contributed by atoms with E-state index in [9.17, 15) is 18.0 Å². The van der Waals surface area contributed by atoms with Gasteiger partial charge in [-0.15, -0.1) is 0 Å². The van der Waals surface area contributed by atoms with Crippen molar-refractivity contribution in [2.75, 3.05) is 0 Å². The molecule has 1 fully saturated rings. The Labute approximate surface area is 95.2 Å². The highest BCUT2D eigenvalue weighted by atomic mass is 19.4. The van der Waals surface area contributed by atoms with Crippen LogP contribution < -0.4 is 0 Å². The Morgan fingerprint density at radius 1 is 1.47 bits per heavy atom. The third-order valence-corrected chi connectivity index (χ3v) is 2.97. The van der Waals surface area contributed by atoms with Crippen molar-refractivity contribution >= 4 is 5.78 Å². The lowest BCUT2D eigenvalue weighted by Gasteiger charge is -2.21. The number of rotatable bonds is 3. The summed E-state index contributed by atoms with van der Waals surface area (Å²) in [6.45, 7) is 1.12. The summed E-state index contributed by atoms with van der Waals surface area (Å²) in [7, 11) is 0. The van der Waals surface area contributed by atoms with E-state index < -0.39 is 17.9 Å². The van der Waals surface area contributed by atoms with E-state index in [-0.39, 0.29) is 11.8 Å². The summed E-state index contributed by atoms with van der Waals surface area (Å²) in [6.07, 6.45) is -1.97. The number of alkyl halides is 3. The van der Waals surface area contributed by atoms with Crippen LogP contribution >= 0.6 is 0 Å². The Kier molecular flexibility index (Phi) is 2.92. The average molecular weight is 248 g/mol. The Hall–Kier alpha value is -1.40. The van der Waals surface area contributed by atoms with Crippen molar-refractivity contribution < 1.29 is 22.5 Å². The van der Waals surface area contributed by atoms with Crippen LogP contribution in [-0.2, 0) is 4.79 Å². The van der Waals surface area contributed by atoms with E-state index in [0.717, 1.165) is 26.2 Å². The van der Waals surface area contributed by atoms with E-state index in [2.05, 4.69) is 10.1 Å². The summed E-state index contributed by atoms with van der Waals surface area (Å²) in [5.74, 6) is -2.97. The molecule has 1 saturated carbocycles. The number of carbonyl (C=O) groups is 1. The van der Waals surface area contributed by atoms with Gasteiger partial charge in [0.2, 0.25) is 11.7 Å². The fraction of sp³-hybridized carbons (Fsp3) is 0.700. The molecule has 94 valence electrons. The first-order valence-corrected chi connectivity index (χ1v) is 5.34. The van der Waals surface area contributed by atoms with Crippen LogP contribution in [-0.4, -0.2) is 22.1 Å². The molecule has 0 saturated heterocycles. The molecular weight excluding hydrogens is 237 g/mol. The van der Waals surface area contributed by atoms with Gasteiger partial charge in [0, 0.05) is 5.92 Å². The smallest absolute Gasteiger partial charge is 0.339 e. The Balaban J connectivity index is 2.11. The number of Topliss-reactive ketones (excluding diaryl/α,β-unsaturated/α-hetero) is 1. The van der Waals surface area contributed by atoms with Gasteiger partial charge in [0.15, 0.2) is 5.82 Å². The summed E-state index contributed by atoms with van der Waals surface area (Å²) < 4.78 is 41.3. The molecule has 2 rings (SSSR count). The molecule has 7 heteroatoms. The maximum atomic E-state index is 12.2. The summed E-state index contributed by atoms with van der Waals surface area (Å²) in [4.78, 5) is 14.8. The largest absolute Gasteiger partial charge is 0.450 e. The molecule has 0 aliphatic heterocycles. The van der Waals surface area contributed by atoms with E-state index in [1.807, 2.05) is 0 Å². The summed E-state index contributed by atoms with van der Waals surface area (Å²) in [5, 5.41) is 3.62. The standard InChI is InChI=1S/C10H11F3N2O2/c1-5(7(16)10(11,12)13)9-14-8(15-17-9)6-3-2-4-6/h5-6H,2-4H2,1H3. The molecule has 1 aliphatic carbocycles. The minimum Gasteiger partial charge on any atom is -0.339 e. The van der Waals surface area contributed by atoms with Crippen LogP contribution in [0.1, 0.15) is 49.7 Å². The number of halogens is 3. The predicted molar refractivity (Wildman–Crippen MR) is 50.4 cm³/mol. The highest BCUT2D eigenvalue weighted by molar-refractivity contribution is 5.89. The molecule has 0 amide bonds. The second-order valence-corrected chi connectivity index (χ2v) is 4.20. The van der Waals surface area contributed by atoms with Gasteiger partial charge in [-0.05, 0) is 19.8 Å². The molecule has 1 unspecified atom stereocenters. The molecule has 1 aromatic heterocycles. The Morgan fingerprint density at radius 2 is 2.12 bits per heavy atom. The minimum atomic E-state index is -4.87. The van der Waals surface area contributed by atoms with Gasteiger partial charge in [-0.1, -0.05) is 11.6 Å². The van der Waals surface area contributed by atoms with Crippen molar-refractivity contribution in [3.63, 3.8) is 0 Å². The molecule has 1 heterocycles. The summed E-state index contributed by atoms with van der Waals surface area (Å²) in [6, 6.07) is 0. The number of hydrogen-bond acceptors (Lipinski definition) is 4. The van der Waals surface area contributed by atoms with Gasteiger partial charge in [-0.2, -0.15) is 18.2 Å². The number of aromatic nitrogens is 2. The third kappa shape index (κ3) is 2.32. The normalized spacial score (nSPS) is 18.8. The van der Waals surface area contributed by atoms with Gasteiger partial charge in [-0.25, -0.2) is 0 Å². The molecule has 0 spiro atoms. The van der Waals surface area contributed by atoms with Crippen LogP contribution in [0.5, 0.6) is 0 Å². The number of ketones is 1. The van der Waals surface area contributed by atoms with Gasteiger partial charge < -0.3 is 4.52 Å². The van der Waals surface area contributed by atoms with Crippen molar-refractivity contribution in [3.05, 3.63) is 11.7 Å². The lowest BCUT2D eigenvalue weighted by atomic mass is 9.85. The highest BCUT2D eigenvalue weighted by Crippen LogP contribution is 2.35. The maximum absolute atomic E-state index is 12.2. The zero-order valence-corrected chi connectivity index (χ0v) is 9.12. The molecule has 1 aliphatic rings. The van der Waals surface area contributed by atoms with Gasteiger partial charge in [-0.3, -0.25) is 4.79 Å². The lowest BCUT2D eigenvalue weighted by molar-refractivity contribution is -0.172. The van der Waals surface area contributed by atoms with E-state index in [0.29, 0.717) is 5.82 Å². The molecule has 1 aromatic rings. The molecule has 0 aromatic carbocycles. The number of hydrogen-bond donors (Lipinski definition) is 0.